The summed E-state index contributed by atoms with van der Waals surface area (Å²) in [6, 6.07) is 25.8. The highest BCUT2D eigenvalue weighted by molar-refractivity contribution is 5.97. The Morgan fingerprint density at radius 2 is 1.32 bits per heavy atom. The van der Waals surface area contributed by atoms with Gasteiger partial charge in [-0.25, -0.2) is 4.98 Å². The minimum Gasteiger partial charge on any atom is -0.248 e. The molecule has 4 aromatic rings. The van der Waals surface area contributed by atoms with E-state index in [9.17, 15) is 0 Å². The molecular formula is C24H21N. The summed E-state index contributed by atoms with van der Waals surface area (Å²) in [7, 11) is 0. The van der Waals surface area contributed by atoms with E-state index in [1.54, 1.807) is 0 Å². The molecule has 0 fully saturated rings. The first kappa shape index (κ1) is 15.6. The van der Waals surface area contributed by atoms with Crippen molar-refractivity contribution in [2.75, 3.05) is 0 Å². The van der Waals surface area contributed by atoms with Crippen LogP contribution in [0.5, 0.6) is 0 Å². The first-order valence-corrected chi connectivity index (χ1v) is 8.66. The maximum Gasteiger partial charge on any atom is 0.0716 e. The zero-order valence-electron chi connectivity index (χ0n) is 14.9. The van der Waals surface area contributed by atoms with E-state index in [0.717, 1.165) is 11.2 Å². The molecule has 0 atom stereocenters. The van der Waals surface area contributed by atoms with Crippen LogP contribution in [0.1, 0.15) is 16.7 Å². The predicted molar refractivity (Wildman–Crippen MR) is 107 cm³/mol. The van der Waals surface area contributed by atoms with Crippen molar-refractivity contribution in [2.45, 2.75) is 20.8 Å². The third kappa shape index (κ3) is 2.94. The van der Waals surface area contributed by atoms with Crippen LogP contribution in [-0.2, 0) is 0 Å². The molecule has 0 amide bonds. The number of aryl methyl sites for hydroxylation is 3. The number of nitrogens with zero attached hydrogens (tertiary/aromatic N) is 1. The molecule has 1 nitrogen and oxygen atoms in total. The molecule has 0 radical (unpaired) electrons. The van der Waals surface area contributed by atoms with E-state index in [2.05, 4.69) is 93.6 Å². The summed E-state index contributed by atoms with van der Waals surface area (Å²) in [5.41, 5.74) is 9.58. The number of hydrogen-bond acceptors (Lipinski definition) is 1. The highest BCUT2D eigenvalue weighted by Crippen LogP contribution is 2.34. The molecule has 3 aromatic carbocycles. The minimum absolute atomic E-state index is 1.03. The van der Waals surface area contributed by atoms with E-state index < -0.39 is 0 Å². The molecule has 1 aromatic heterocycles. The summed E-state index contributed by atoms with van der Waals surface area (Å²) >= 11 is 0. The third-order valence-corrected chi connectivity index (χ3v) is 4.67. The molecule has 4 rings (SSSR count). The molecule has 0 aliphatic heterocycles. The van der Waals surface area contributed by atoms with Crippen molar-refractivity contribution in [2.24, 2.45) is 0 Å². The number of hydrogen-bond donors (Lipinski definition) is 0. The fourth-order valence-electron chi connectivity index (χ4n) is 3.54. The zero-order valence-corrected chi connectivity index (χ0v) is 14.9. The lowest BCUT2D eigenvalue weighted by Crippen LogP contribution is -1.92. The Balaban J connectivity index is 2.04. The number of aromatic nitrogens is 1. The topological polar surface area (TPSA) is 12.9 Å². The van der Waals surface area contributed by atoms with E-state index in [-0.39, 0.29) is 0 Å². The lowest BCUT2D eigenvalue weighted by Gasteiger charge is -2.13. The molecule has 0 saturated heterocycles. The molecule has 0 bridgehead atoms. The van der Waals surface area contributed by atoms with E-state index in [4.69, 9.17) is 4.98 Å². The molecule has 0 aliphatic rings. The van der Waals surface area contributed by atoms with E-state index in [1.807, 2.05) is 0 Å². The standard InChI is InChI=1S/C24H21N/c1-16-12-17(2)14-19(13-16)24-15-22(20-9-5-4-8-18(20)3)21-10-6-7-11-23(21)25-24/h4-15H,1-3H3. The Morgan fingerprint density at radius 3 is 2.08 bits per heavy atom. The molecule has 25 heavy (non-hydrogen) atoms. The molecule has 0 saturated carbocycles. The molecule has 0 N–H and O–H groups in total. The number of rotatable bonds is 2. The summed E-state index contributed by atoms with van der Waals surface area (Å²) in [5.74, 6) is 0. The van der Waals surface area contributed by atoms with Crippen LogP contribution < -0.4 is 0 Å². The van der Waals surface area contributed by atoms with Gasteiger partial charge >= 0.3 is 0 Å². The molecule has 0 unspecified atom stereocenters. The van der Waals surface area contributed by atoms with Crippen molar-refractivity contribution in [3.05, 3.63) is 89.5 Å². The number of pyridine rings is 1. The van der Waals surface area contributed by atoms with Crippen molar-refractivity contribution in [3.8, 4) is 22.4 Å². The van der Waals surface area contributed by atoms with Gasteiger partial charge in [-0.1, -0.05) is 59.7 Å². The van der Waals surface area contributed by atoms with Gasteiger partial charge < -0.3 is 0 Å². The highest BCUT2D eigenvalue weighted by atomic mass is 14.7. The third-order valence-electron chi connectivity index (χ3n) is 4.67. The van der Waals surface area contributed by atoms with Gasteiger partial charge in [-0.05, 0) is 61.7 Å². The van der Waals surface area contributed by atoms with E-state index >= 15 is 0 Å². The van der Waals surface area contributed by atoms with Gasteiger partial charge in [0.15, 0.2) is 0 Å². The monoisotopic (exact) mass is 323 g/mol. The van der Waals surface area contributed by atoms with Crippen LogP contribution in [0.2, 0.25) is 0 Å². The summed E-state index contributed by atoms with van der Waals surface area (Å²) in [4.78, 5) is 4.94. The van der Waals surface area contributed by atoms with Gasteiger partial charge in [-0.3, -0.25) is 0 Å². The van der Waals surface area contributed by atoms with Crippen LogP contribution in [0.4, 0.5) is 0 Å². The molecule has 0 aliphatic carbocycles. The fraction of sp³-hybridized carbons (Fsp3) is 0.125. The Hall–Kier alpha value is -2.93. The average Bonchev–Trinajstić information content (AvgIpc) is 2.60. The quantitative estimate of drug-likeness (QED) is 0.410. The Bertz CT molecular complexity index is 1060. The van der Waals surface area contributed by atoms with Gasteiger partial charge in [0.25, 0.3) is 0 Å². The summed E-state index contributed by atoms with van der Waals surface area (Å²) in [5, 5.41) is 1.20. The van der Waals surface area contributed by atoms with Gasteiger partial charge in [0.2, 0.25) is 0 Å². The number of para-hydroxylation sites is 1. The first-order chi connectivity index (χ1) is 12.1. The van der Waals surface area contributed by atoms with Gasteiger partial charge in [-0.15, -0.1) is 0 Å². The van der Waals surface area contributed by atoms with Crippen LogP contribution in [0.25, 0.3) is 33.3 Å². The van der Waals surface area contributed by atoms with Crippen LogP contribution in [0.3, 0.4) is 0 Å². The molecular weight excluding hydrogens is 302 g/mol. The van der Waals surface area contributed by atoms with Crippen LogP contribution in [0, 0.1) is 20.8 Å². The second-order valence-corrected chi connectivity index (χ2v) is 6.76. The largest absolute Gasteiger partial charge is 0.248 e. The van der Waals surface area contributed by atoms with Gasteiger partial charge in [0.1, 0.15) is 0 Å². The van der Waals surface area contributed by atoms with E-state index in [0.29, 0.717) is 0 Å². The van der Waals surface area contributed by atoms with E-state index in [1.165, 1.54) is 38.8 Å². The summed E-state index contributed by atoms with van der Waals surface area (Å²) < 4.78 is 0. The van der Waals surface area contributed by atoms with Crippen molar-refractivity contribution in [1.82, 2.24) is 4.98 Å². The summed E-state index contributed by atoms with van der Waals surface area (Å²) in [6.07, 6.45) is 0. The lowest BCUT2D eigenvalue weighted by molar-refractivity contribution is 1.34. The fourth-order valence-corrected chi connectivity index (χ4v) is 3.54. The van der Waals surface area contributed by atoms with Gasteiger partial charge in [0, 0.05) is 10.9 Å². The average molecular weight is 323 g/mol. The Labute approximate surface area is 149 Å². The minimum atomic E-state index is 1.03. The number of benzene rings is 3. The van der Waals surface area contributed by atoms with Crippen molar-refractivity contribution >= 4 is 10.9 Å². The number of fused-ring (bicyclic) bond motifs is 1. The van der Waals surface area contributed by atoms with Crippen LogP contribution in [-0.4, -0.2) is 4.98 Å². The zero-order chi connectivity index (χ0) is 17.4. The predicted octanol–water partition coefficient (Wildman–Crippen LogP) is 6.49. The van der Waals surface area contributed by atoms with Gasteiger partial charge in [-0.2, -0.15) is 0 Å². The van der Waals surface area contributed by atoms with Crippen molar-refractivity contribution < 1.29 is 0 Å². The van der Waals surface area contributed by atoms with Crippen LogP contribution >= 0.6 is 0 Å². The maximum atomic E-state index is 4.94. The SMILES string of the molecule is Cc1cc(C)cc(-c2cc(-c3ccccc3C)c3ccccc3n2)c1. The second-order valence-electron chi connectivity index (χ2n) is 6.76. The van der Waals surface area contributed by atoms with Crippen LogP contribution in [0.15, 0.2) is 72.8 Å². The summed E-state index contributed by atoms with van der Waals surface area (Å²) in [6.45, 7) is 6.45. The normalized spacial score (nSPS) is 11.0. The second kappa shape index (κ2) is 6.18. The smallest absolute Gasteiger partial charge is 0.0716 e. The first-order valence-electron chi connectivity index (χ1n) is 8.66. The molecule has 1 heteroatoms. The van der Waals surface area contributed by atoms with Gasteiger partial charge in [0.05, 0.1) is 11.2 Å². The Morgan fingerprint density at radius 1 is 0.640 bits per heavy atom. The maximum absolute atomic E-state index is 4.94. The Kier molecular flexibility index (Phi) is 3.85. The lowest BCUT2D eigenvalue weighted by atomic mass is 9.95. The highest BCUT2D eigenvalue weighted by Gasteiger charge is 2.11. The van der Waals surface area contributed by atoms with Crippen molar-refractivity contribution in [3.63, 3.8) is 0 Å². The molecule has 1 heterocycles. The van der Waals surface area contributed by atoms with Crippen molar-refractivity contribution in [1.29, 1.82) is 0 Å². The molecule has 0 spiro atoms. The molecule has 122 valence electrons.